The molecule has 1 unspecified atom stereocenters. The van der Waals surface area contributed by atoms with Crippen LogP contribution in [0.2, 0.25) is 5.02 Å². The number of carbonyl (C=O) groups is 1. The maximum Gasteiger partial charge on any atom is 0.307 e. The Morgan fingerprint density at radius 2 is 1.46 bits per heavy atom. The second-order valence-electron chi connectivity index (χ2n) is 6.54. The Bertz CT molecular complexity index is 895. The van der Waals surface area contributed by atoms with Gasteiger partial charge in [0.1, 0.15) is 0 Å². The predicted molar refractivity (Wildman–Crippen MR) is 115 cm³/mol. The Balaban J connectivity index is 1.63. The highest BCUT2D eigenvalue weighted by Crippen LogP contribution is 2.29. The fourth-order valence-electron chi connectivity index (χ4n) is 2.90. The Hall–Kier alpha value is -2.27. The number of benzene rings is 3. The van der Waals surface area contributed by atoms with Crippen molar-refractivity contribution in [2.24, 2.45) is 5.92 Å². The molecule has 0 amide bonds. The van der Waals surface area contributed by atoms with Crippen LogP contribution >= 0.6 is 23.4 Å². The number of aliphatic hydroxyl groups is 1. The summed E-state index contributed by atoms with van der Waals surface area (Å²) in [6.45, 7) is 0. The molecule has 0 saturated heterocycles. The van der Waals surface area contributed by atoms with E-state index in [0.29, 0.717) is 16.3 Å². The molecule has 3 rings (SSSR count). The Labute approximate surface area is 174 Å². The molecule has 0 heterocycles. The van der Waals surface area contributed by atoms with Crippen molar-refractivity contribution < 1.29 is 15.0 Å². The molecule has 3 aromatic rings. The second-order valence-corrected chi connectivity index (χ2v) is 8.07. The zero-order valence-electron chi connectivity index (χ0n) is 15.2. The van der Waals surface area contributed by atoms with Crippen molar-refractivity contribution >= 4 is 29.3 Å². The molecule has 28 heavy (non-hydrogen) atoms. The van der Waals surface area contributed by atoms with Gasteiger partial charge in [-0.1, -0.05) is 66.2 Å². The summed E-state index contributed by atoms with van der Waals surface area (Å²) in [6, 6.07) is 24.8. The zero-order valence-corrected chi connectivity index (χ0v) is 16.7. The number of carboxylic acid groups (broad SMARTS) is 1. The molecule has 5 heteroatoms. The number of carboxylic acids is 1. The molecule has 2 N–H and O–H groups in total. The van der Waals surface area contributed by atoms with Crippen LogP contribution < -0.4 is 0 Å². The summed E-state index contributed by atoms with van der Waals surface area (Å²) in [5.74, 6) is -1.10. The van der Waals surface area contributed by atoms with Gasteiger partial charge in [-0.3, -0.25) is 4.79 Å². The summed E-state index contributed by atoms with van der Waals surface area (Å²) in [7, 11) is 0. The SMILES string of the molecule is O=C(O)[C@H](CSc1ccccc1)CC(O)c1ccc(-c2ccc(Cl)cc2)cc1. The van der Waals surface area contributed by atoms with Gasteiger partial charge < -0.3 is 10.2 Å². The Morgan fingerprint density at radius 3 is 2.04 bits per heavy atom. The summed E-state index contributed by atoms with van der Waals surface area (Å²) in [4.78, 5) is 12.6. The molecule has 0 saturated carbocycles. The van der Waals surface area contributed by atoms with Crippen LogP contribution in [0.4, 0.5) is 0 Å². The van der Waals surface area contributed by atoms with Gasteiger partial charge in [0.25, 0.3) is 0 Å². The lowest BCUT2D eigenvalue weighted by molar-refractivity contribution is -0.142. The average Bonchev–Trinajstić information content (AvgIpc) is 2.72. The van der Waals surface area contributed by atoms with Crippen molar-refractivity contribution in [1.82, 2.24) is 0 Å². The van der Waals surface area contributed by atoms with Gasteiger partial charge in [0.05, 0.1) is 12.0 Å². The average molecular weight is 413 g/mol. The third-order valence-corrected chi connectivity index (χ3v) is 5.95. The number of hydrogen-bond donors (Lipinski definition) is 2. The molecule has 0 aliphatic carbocycles. The number of rotatable bonds is 8. The summed E-state index contributed by atoms with van der Waals surface area (Å²) >= 11 is 7.41. The van der Waals surface area contributed by atoms with E-state index in [4.69, 9.17) is 11.6 Å². The number of thioether (sulfide) groups is 1. The van der Waals surface area contributed by atoms with Gasteiger partial charge in [-0.25, -0.2) is 0 Å². The second kappa shape index (κ2) is 9.78. The van der Waals surface area contributed by atoms with Crippen LogP contribution in [0.15, 0.2) is 83.8 Å². The summed E-state index contributed by atoms with van der Waals surface area (Å²) in [5.41, 5.74) is 2.77. The minimum Gasteiger partial charge on any atom is -0.481 e. The lowest BCUT2D eigenvalue weighted by Gasteiger charge is -2.17. The van der Waals surface area contributed by atoms with Gasteiger partial charge >= 0.3 is 5.97 Å². The molecule has 0 bridgehead atoms. The molecule has 3 nitrogen and oxygen atoms in total. The molecule has 0 radical (unpaired) electrons. The monoisotopic (exact) mass is 412 g/mol. The number of aliphatic hydroxyl groups excluding tert-OH is 1. The van der Waals surface area contributed by atoms with Crippen LogP contribution in [0, 0.1) is 5.92 Å². The van der Waals surface area contributed by atoms with Crippen LogP contribution in [-0.4, -0.2) is 21.9 Å². The molecular formula is C23H21ClO3S. The molecule has 144 valence electrons. The molecule has 0 aromatic heterocycles. The maximum atomic E-state index is 11.6. The smallest absolute Gasteiger partial charge is 0.307 e. The molecule has 0 aliphatic heterocycles. The fraction of sp³-hybridized carbons (Fsp3) is 0.174. The van der Waals surface area contributed by atoms with E-state index in [1.54, 1.807) is 0 Å². The largest absolute Gasteiger partial charge is 0.481 e. The van der Waals surface area contributed by atoms with E-state index < -0.39 is 18.0 Å². The lowest BCUT2D eigenvalue weighted by atomic mass is 9.96. The Morgan fingerprint density at radius 1 is 0.893 bits per heavy atom. The summed E-state index contributed by atoms with van der Waals surface area (Å²) < 4.78 is 0. The number of halogens is 1. The zero-order chi connectivity index (χ0) is 19.9. The molecule has 3 aromatic carbocycles. The molecular weight excluding hydrogens is 392 g/mol. The van der Waals surface area contributed by atoms with Gasteiger partial charge in [-0.15, -0.1) is 11.8 Å². The lowest BCUT2D eigenvalue weighted by Crippen LogP contribution is -2.19. The predicted octanol–water partition coefficient (Wildman–Crippen LogP) is 5.92. The van der Waals surface area contributed by atoms with E-state index in [1.807, 2.05) is 78.9 Å². The van der Waals surface area contributed by atoms with Crippen molar-refractivity contribution in [3.05, 3.63) is 89.4 Å². The van der Waals surface area contributed by atoms with E-state index in [1.165, 1.54) is 11.8 Å². The van der Waals surface area contributed by atoms with Crippen molar-refractivity contribution in [3.63, 3.8) is 0 Å². The van der Waals surface area contributed by atoms with Gasteiger partial charge in [0, 0.05) is 15.7 Å². The van der Waals surface area contributed by atoms with E-state index in [9.17, 15) is 15.0 Å². The number of aliphatic carboxylic acids is 1. The molecule has 0 aliphatic rings. The minimum absolute atomic E-state index is 0.176. The van der Waals surface area contributed by atoms with E-state index >= 15 is 0 Å². The quantitative estimate of drug-likeness (QED) is 0.450. The topological polar surface area (TPSA) is 57.5 Å². The van der Waals surface area contributed by atoms with Gasteiger partial charge in [0.15, 0.2) is 0 Å². The van der Waals surface area contributed by atoms with Crippen LogP contribution in [0.5, 0.6) is 0 Å². The first-order chi connectivity index (χ1) is 13.5. The van der Waals surface area contributed by atoms with Gasteiger partial charge in [-0.2, -0.15) is 0 Å². The van der Waals surface area contributed by atoms with Crippen molar-refractivity contribution in [3.8, 4) is 11.1 Å². The summed E-state index contributed by atoms with van der Waals surface area (Å²) in [5, 5.41) is 20.8. The van der Waals surface area contributed by atoms with Gasteiger partial charge in [0.2, 0.25) is 0 Å². The normalized spacial score (nSPS) is 13.1. The highest BCUT2D eigenvalue weighted by atomic mass is 35.5. The van der Waals surface area contributed by atoms with Crippen LogP contribution in [0.25, 0.3) is 11.1 Å². The minimum atomic E-state index is -0.889. The van der Waals surface area contributed by atoms with Crippen molar-refractivity contribution in [1.29, 1.82) is 0 Å². The first-order valence-electron chi connectivity index (χ1n) is 8.97. The first-order valence-corrected chi connectivity index (χ1v) is 10.3. The van der Waals surface area contributed by atoms with E-state index in [0.717, 1.165) is 16.0 Å². The third kappa shape index (κ3) is 5.61. The highest BCUT2D eigenvalue weighted by molar-refractivity contribution is 7.99. The van der Waals surface area contributed by atoms with Crippen LogP contribution in [0.1, 0.15) is 18.1 Å². The standard InChI is InChI=1S/C23H21ClO3S/c24-20-12-10-17(11-13-20)16-6-8-18(9-7-16)22(25)14-19(23(26)27)15-28-21-4-2-1-3-5-21/h1-13,19,22,25H,14-15H2,(H,26,27)/t19-,22?/m0/s1. The molecule has 2 atom stereocenters. The first kappa shape index (κ1) is 20.5. The van der Waals surface area contributed by atoms with Crippen molar-refractivity contribution in [2.45, 2.75) is 17.4 Å². The highest BCUT2D eigenvalue weighted by Gasteiger charge is 2.22. The molecule has 0 spiro atoms. The summed E-state index contributed by atoms with van der Waals surface area (Å²) in [6.07, 6.45) is -0.646. The number of hydrogen-bond acceptors (Lipinski definition) is 3. The van der Waals surface area contributed by atoms with E-state index in [-0.39, 0.29) is 6.42 Å². The van der Waals surface area contributed by atoms with E-state index in [2.05, 4.69) is 0 Å². The molecule has 0 fully saturated rings. The fourth-order valence-corrected chi connectivity index (χ4v) is 4.05. The third-order valence-electron chi connectivity index (χ3n) is 4.52. The van der Waals surface area contributed by atoms with Crippen LogP contribution in [-0.2, 0) is 4.79 Å². The van der Waals surface area contributed by atoms with Crippen LogP contribution in [0.3, 0.4) is 0 Å². The Kier molecular flexibility index (Phi) is 7.15. The van der Waals surface area contributed by atoms with Gasteiger partial charge in [-0.05, 0) is 47.4 Å². The maximum absolute atomic E-state index is 11.6. The van der Waals surface area contributed by atoms with Crippen molar-refractivity contribution in [2.75, 3.05) is 5.75 Å².